The predicted molar refractivity (Wildman–Crippen MR) is 86.1 cm³/mol. The number of hydrogen-bond acceptors (Lipinski definition) is 2. The number of anilines is 1. The average molecular weight is 335 g/mol. The summed E-state index contributed by atoms with van der Waals surface area (Å²) in [6, 6.07) is 10.7. The monoisotopic (exact) mass is 335 g/mol. The van der Waals surface area contributed by atoms with E-state index in [1.807, 2.05) is 0 Å². The zero-order chi connectivity index (χ0) is 16.6. The molecule has 5 nitrogen and oxygen atoms in total. The van der Waals surface area contributed by atoms with Crippen molar-refractivity contribution in [3.05, 3.63) is 59.4 Å². The molecule has 0 bridgehead atoms. The summed E-state index contributed by atoms with van der Waals surface area (Å²) in [4.78, 5) is 2.79. The number of aliphatic hydroxyl groups is 1. The fourth-order valence-electron chi connectivity index (χ4n) is 2.61. The number of nitrogens with one attached hydrogen (secondary N) is 1. The molecule has 0 saturated carbocycles. The van der Waals surface area contributed by atoms with Gasteiger partial charge in [0, 0.05) is 18.7 Å². The Hall–Kier alpha value is -2.41. The molecule has 7 heteroatoms. The molecular weight excluding hydrogens is 319 g/mol. The molecule has 2 aromatic carbocycles. The van der Waals surface area contributed by atoms with Crippen molar-refractivity contribution in [1.82, 2.24) is 0 Å². The number of fused-ring (bicyclic) bond motifs is 1. The highest BCUT2D eigenvalue weighted by molar-refractivity contribution is 7.92. The van der Waals surface area contributed by atoms with Gasteiger partial charge in [-0.05, 0) is 42.3 Å². The van der Waals surface area contributed by atoms with Gasteiger partial charge in [0.25, 0.3) is 0 Å². The topological polar surface area (TPSA) is 71.6 Å². The third-order valence-corrected chi connectivity index (χ3v) is 4.89. The lowest BCUT2D eigenvalue weighted by molar-refractivity contribution is -0.364. The van der Waals surface area contributed by atoms with Crippen LogP contribution in [-0.2, 0) is 16.4 Å². The van der Waals surface area contributed by atoms with Gasteiger partial charge < -0.3 is 5.11 Å². The van der Waals surface area contributed by atoms with E-state index >= 15 is 0 Å². The molecule has 0 fully saturated rings. The number of halogens is 1. The molecule has 0 atom stereocenters. The number of aliphatic hydroxyl groups excluding tert-OH is 1. The molecule has 3 rings (SSSR count). The number of benzene rings is 2. The van der Waals surface area contributed by atoms with Gasteiger partial charge in [-0.2, -0.15) is 4.99 Å². The summed E-state index contributed by atoms with van der Waals surface area (Å²) < 4.78 is 37.7. The molecule has 120 valence electrons. The van der Waals surface area contributed by atoms with Crippen molar-refractivity contribution in [2.24, 2.45) is 0 Å². The SMILES string of the molecule is CS(=O)(=O)N1CCc2cc(C(O)=[NH+]c3ccc(F)cc3)ccc21. The normalized spacial score (nSPS) is 14.9. The Kier molecular flexibility index (Phi) is 3.81. The van der Waals surface area contributed by atoms with Crippen molar-refractivity contribution in [1.29, 1.82) is 0 Å². The van der Waals surface area contributed by atoms with Crippen molar-refractivity contribution in [2.45, 2.75) is 6.42 Å². The van der Waals surface area contributed by atoms with E-state index in [1.165, 1.54) is 34.8 Å². The molecule has 0 spiro atoms. The second kappa shape index (κ2) is 5.66. The maximum atomic E-state index is 12.9. The van der Waals surface area contributed by atoms with Crippen LogP contribution >= 0.6 is 0 Å². The molecule has 0 amide bonds. The fourth-order valence-corrected chi connectivity index (χ4v) is 3.56. The summed E-state index contributed by atoms with van der Waals surface area (Å²) >= 11 is 0. The second-order valence-electron chi connectivity index (χ2n) is 5.41. The van der Waals surface area contributed by atoms with Crippen LogP contribution in [-0.4, -0.2) is 32.2 Å². The largest absolute Gasteiger partial charge is 0.459 e. The van der Waals surface area contributed by atoms with E-state index in [1.54, 1.807) is 18.2 Å². The highest BCUT2D eigenvalue weighted by Crippen LogP contribution is 2.30. The first-order valence-corrected chi connectivity index (χ1v) is 8.89. The Morgan fingerprint density at radius 1 is 1.22 bits per heavy atom. The van der Waals surface area contributed by atoms with Crippen molar-refractivity contribution in [3.8, 4) is 0 Å². The van der Waals surface area contributed by atoms with Crippen LogP contribution in [0.3, 0.4) is 0 Å². The molecule has 0 aliphatic carbocycles. The van der Waals surface area contributed by atoms with E-state index in [-0.39, 0.29) is 11.7 Å². The van der Waals surface area contributed by atoms with Gasteiger partial charge in [0.15, 0.2) is 0 Å². The first-order valence-electron chi connectivity index (χ1n) is 7.04. The van der Waals surface area contributed by atoms with Gasteiger partial charge in [-0.3, -0.25) is 4.31 Å². The Balaban J connectivity index is 1.92. The van der Waals surface area contributed by atoms with Crippen molar-refractivity contribution in [2.75, 3.05) is 17.1 Å². The highest BCUT2D eigenvalue weighted by Gasteiger charge is 2.27. The molecule has 0 radical (unpaired) electrons. The number of hydrogen-bond donors (Lipinski definition) is 2. The van der Waals surface area contributed by atoms with Crippen LogP contribution in [0, 0.1) is 5.82 Å². The number of nitrogens with zero attached hydrogens (tertiary/aromatic N) is 1. The lowest BCUT2D eigenvalue weighted by Gasteiger charge is -2.16. The molecule has 2 aromatic rings. The van der Waals surface area contributed by atoms with Crippen molar-refractivity contribution >= 4 is 27.3 Å². The number of rotatable bonds is 3. The van der Waals surface area contributed by atoms with Gasteiger partial charge >= 0.3 is 5.90 Å². The van der Waals surface area contributed by atoms with E-state index in [9.17, 15) is 17.9 Å². The zero-order valence-corrected chi connectivity index (χ0v) is 13.3. The van der Waals surface area contributed by atoms with Crippen LogP contribution in [0.1, 0.15) is 11.1 Å². The third kappa shape index (κ3) is 3.19. The quantitative estimate of drug-likeness (QED) is 0.646. The van der Waals surface area contributed by atoms with Gasteiger partial charge in [0.1, 0.15) is 5.82 Å². The van der Waals surface area contributed by atoms with E-state index < -0.39 is 10.0 Å². The Morgan fingerprint density at radius 3 is 2.57 bits per heavy atom. The van der Waals surface area contributed by atoms with E-state index in [0.29, 0.717) is 29.9 Å². The Labute approximate surface area is 133 Å². The minimum atomic E-state index is -3.29. The van der Waals surface area contributed by atoms with Crippen LogP contribution in [0.5, 0.6) is 0 Å². The van der Waals surface area contributed by atoms with E-state index in [2.05, 4.69) is 4.99 Å². The summed E-state index contributed by atoms with van der Waals surface area (Å²) in [6.45, 7) is 0.407. The summed E-state index contributed by atoms with van der Waals surface area (Å²) in [7, 11) is -3.29. The fraction of sp³-hybridized carbons (Fsp3) is 0.188. The molecule has 0 unspecified atom stereocenters. The summed E-state index contributed by atoms with van der Waals surface area (Å²) in [6.07, 6.45) is 1.77. The summed E-state index contributed by atoms with van der Waals surface area (Å²) in [5, 5.41) is 10.2. The molecule has 1 aliphatic rings. The minimum absolute atomic E-state index is 0.0720. The predicted octanol–water partition coefficient (Wildman–Crippen LogP) is 0.865. The zero-order valence-electron chi connectivity index (χ0n) is 12.5. The van der Waals surface area contributed by atoms with Gasteiger partial charge in [-0.15, -0.1) is 0 Å². The van der Waals surface area contributed by atoms with Gasteiger partial charge in [0.05, 0.1) is 17.5 Å². The molecule has 0 aromatic heterocycles. The van der Waals surface area contributed by atoms with E-state index in [0.717, 1.165) is 5.56 Å². The second-order valence-corrected chi connectivity index (χ2v) is 7.32. The minimum Gasteiger partial charge on any atom is -0.459 e. The van der Waals surface area contributed by atoms with Crippen molar-refractivity contribution < 1.29 is 22.9 Å². The van der Waals surface area contributed by atoms with Gasteiger partial charge in [0.2, 0.25) is 15.7 Å². The van der Waals surface area contributed by atoms with Gasteiger partial charge in [-0.25, -0.2) is 12.8 Å². The average Bonchev–Trinajstić information content (AvgIpc) is 2.92. The third-order valence-electron chi connectivity index (χ3n) is 3.71. The lowest BCUT2D eigenvalue weighted by atomic mass is 10.1. The molecule has 2 N–H and O–H groups in total. The molecule has 1 heterocycles. The molecule has 0 saturated heterocycles. The summed E-state index contributed by atoms with van der Waals surface area (Å²) in [5.74, 6) is -0.425. The summed E-state index contributed by atoms with van der Waals surface area (Å²) in [5.41, 5.74) is 2.61. The maximum absolute atomic E-state index is 12.9. The Bertz CT molecular complexity index is 877. The van der Waals surface area contributed by atoms with Crippen LogP contribution in [0.2, 0.25) is 0 Å². The highest BCUT2D eigenvalue weighted by atomic mass is 32.2. The Morgan fingerprint density at radius 2 is 1.91 bits per heavy atom. The smallest absolute Gasteiger partial charge is 0.371 e. The first kappa shape index (κ1) is 15.5. The van der Waals surface area contributed by atoms with Crippen LogP contribution in [0.4, 0.5) is 15.8 Å². The van der Waals surface area contributed by atoms with Crippen LogP contribution < -0.4 is 9.30 Å². The molecular formula is C16H16FN2O3S+. The molecule has 1 aliphatic heterocycles. The van der Waals surface area contributed by atoms with E-state index in [4.69, 9.17) is 0 Å². The van der Waals surface area contributed by atoms with Gasteiger partial charge in [-0.1, -0.05) is 0 Å². The van der Waals surface area contributed by atoms with Crippen molar-refractivity contribution in [3.63, 3.8) is 0 Å². The number of sulfonamides is 1. The molecule has 23 heavy (non-hydrogen) atoms. The standard InChI is InChI=1S/C16H15FN2O3S/c1-23(21,22)19-9-8-11-10-12(2-7-15(11)19)16(20)18-14-5-3-13(17)4-6-14/h2-7,10H,8-9H2,1H3,(H,18,20)/p+1. The van der Waals surface area contributed by atoms with Crippen LogP contribution in [0.25, 0.3) is 0 Å². The maximum Gasteiger partial charge on any atom is 0.371 e. The lowest BCUT2D eigenvalue weighted by Crippen LogP contribution is -2.66. The van der Waals surface area contributed by atoms with Crippen LogP contribution in [0.15, 0.2) is 42.5 Å². The first-order chi connectivity index (χ1) is 10.8.